The molecule has 0 fully saturated rings. The minimum Gasteiger partial charge on any atom is -0.481 e. The number of aliphatic carboxylic acids is 1. The average molecular weight is 255 g/mol. The van der Waals surface area contributed by atoms with Gasteiger partial charge in [0.25, 0.3) is 0 Å². The maximum Gasteiger partial charge on any atom is 0.313 e. The molecule has 5 heteroatoms. The summed E-state index contributed by atoms with van der Waals surface area (Å²) >= 11 is 6.17. The molecule has 1 aromatic carbocycles. The highest BCUT2D eigenvalue weighted by Gasteiger charge is 2.07. The fourth-order valence-corrected chi connectivity index (χ4v) is 2.04. The zero-order chi connectivity index (χ0) is 12.0. The van der Waals surface area contributed by atoms with Crippen LogP contribution in [0.5, 0.6) is 0 Å². The van der Waals surface area contributed by atoms with Crippen LogP contribution in [0, 0.1) is 0 Å². The van der Waals surface area contributed by atoms with Crippen molar-refractivity contribution in [1.29, 1.82) is 0 Å². The van der Waals surface area contributed by atoms with Gasteiger partial charge in [-0.05, 0) is 12.5 Å². The molecule has 0 heterocycles. The first-order chi connectivity index (χ1) is 7.59. The second-order valence-corrected chi connectivity index (χ2v) is 4.90. The summed E-state index contributed by atoms with van der Waals surface area (Å²) in [5, 5.41) is 11.6. The van der Waals surface area contributed by atoms with Crippen LogP contribution >= 0.6 is 24.0 Å². The molecule has 0 radical (unpaired) electrons. The van der Waals surface area contributed by atoms with Gasteiger partial charge >= 0.3 is 5.97 Å². The largest absolute Gasteiger partial charge is 0.481 e. The van der Waals surface area contributed by atoms with Crippen LogP contribution in [0.3, 0.4) is 0 Å². The molecule has 0 saturated carbocycles. The van der Waals surface area contributed by atoms with Crippen LogP contribution in [0.1, 0.15) is 18.5 Å². The van der Waals surface area contributed by atoms with Crippen molar-refractivity contribution in [2.24, 2.45) is 0 Å². The van der Waals surface area contributed by atoms with E-state index in [0.717, 1.165) is 17.3 Å². The number of rotatable bonds is 4. The van der Waals surface area contributed by atoms with Gasteiger partial charge in [0.05, 0.1) is 5.75 Å². The lowest BCUT2D eigenvalue weighted by Gasteiger charge is -2.15. The molecule has 0 amide bonds. The van der Waals surface area contributed by atoms with Crippen LogP contribution in [0.4, 0.5) is 0 Å². The van der Waals surface area contributed by atoms with E-state index >= 15 is 0 Å². The Balaban J connectivity index is 2.43. The Hall–Kier alpha value is -1.07. The highest BCUT2D eigenvalue weighted by molar-refractivity contribution is 8.23. The smallest absolute Gasteiger partial charge is 0.313 e. The molecule has 1 aromatic rings. The van der Waals surface area contributed by atoms with Crippen LogP contribution in [-0.2, 0) is 4.79 Å². The van der Waals surface area contributed by atoms with Gasteiger partial charge in [-0.25, -0.2) is 0 Å². The lowest BCUT2D eigenvalue weighted by Crippen LogP contribution is -2.23. The second kappa shape index (κ2) is 6.50. The number of nitrogens with one attached hydrogen (secondary N) is 1. The van der Waals surface area contributed by atoms with Crippen LogP contribution in [0.25, 0.3) is 0 Å². The number of thiocarbonyl (C=S) groups is 1. The predicted molar refractivity (Wildman–Crippen MR) is 70.7 cm³/mol. The molecule has 2 N–H and O–H groups in total. The Kier molecular flexibility index (Phi) is 5.28. The lowest BCUT2D eigenvalue weighted by molar-refractivity contribution is -0.133. The summed E-state index contributed by atoms with van der Waals surface area (Å²) in [4.78, 5) is 10.4. The van der Waals surface area contributed by atoms with Crippen molar-refractivity contribution in [2.75, 3.05) is 5.75 Å². The van der Waals surface area contributed by atoms with Crippen molar-refractivity contribution < 1.29 is 9.90 Å². The first-order valence-electron chi connectivity index (χ1n) is 4.79. The van der Waals surface area contributed by atoms with Crippen molar-refractivity contribution in [1.82, 2.24) is 5.32 Å². The highest BCUT2D eigenvalue weighted by Crippen LogP contribution is 2.13. The number of carboxylic acids is 1. The number of thioether (sulfide) groups is 1. The molecule has 0 unspecified atom stereocenters. The number of hydrogen-bond acceptors (Lipinski definition) is 3. The summed E-state index contributed by atoms with van der Waals surface area (Å²) in [7, 11) is 0. The van der Waals surface area contributed by atoms with Crippen LogP contribution in [-0.4, -0.2) is 21.1 Å². The molecule has 0 bridgehead atoms. The molecule has 1 rings (SSSR count). The standard InChI is InChI=1S/C11H13NO2S2/c1-8(9-5-3-2-4-6-9)12-11(15)16-7-10(13)14/h2-6,8H,7H2,1H3,(H,12,15)(H,13,14)/t8-/m0/s1. The van der Waals surface area contributed by atoms with Gasteiger partial charge < -0.3 is 10.4 Å². The van der Waals surface area contributed by atoms with Gasteiger partial charge in [-0.1, -0.05) is 54.3 Å². The van der Waals surface area contributed by atoms with Gasteiger partial charge in [0, 0.05) is 6.04 Å². The molecule has 0 aliphatic carbocycles. The zero-order valence-electron chi connectivity index (χ0n) is 8.84. The minimum atomic E-state index is -0.860. The minimum absolute atomic E-state index is 0.00660. The Labute approximate surface area is 104 Å². The Morgan fingerprint density at radius 1 is 1.50 bits per heavy atom. The predicted octanol–water partition coefficient (Wildman–Crippen LogP) is 2.44. The average Bonchev–Trinajstić information content (AvgIpc) is 2.27. The highest BCUT2D eigenvalue weighted by atomic mass is 32.2. The van der Waals surface area contributed by atoms with E-state index in [1.807, 2.05) is 37.3 Å². The van der Waals surface area contributed by atoms with E-state index < -0.39 is 5.97 Å². The van der Waals surface area contributed by atoms with Crippen molar-refractivity contribution in [3.05, 3.63) is 35.9 Å². The topological polar surface area (TPSA) is 49.3 Å². The van der Waals surface area contributed by atoms with E-state index in [9.17, 15) is 4.79 Å². The molecule has 0 aliphatic rings. The third-order valence-corrected chi connectivity index (χ3v) is 3.20. The normalized spacial score (nSPS) is 11.8. The van der Waals surface area contributed by atoms with E-state index in [0.29, 0.717) is 4.32 Å². The van der Waals surface area contributed by atoms with E-state index in [1.54, 1.807) is 0 Å². The quantitative estimate of drug-likeness (QED) is 0.809. The molecule has 0 spiro atoms. The van der Waals surface area contributed by atoms with Crippen LogP contribution in [0.2, 0.25) is 0 Å². The summed E-state index contributed by atoms with van der Waals surface area (Å²) in [6.45, 7) is 1.99. The van der Waals surface area contributed by atoms with Crippen LogP contribution in [0.15, 0.2) is 30.3 Å². The van der Waals surface area contributed by atoms with Crippen molar-refractivity contribution in [2.45, 2.75) is 13.0 Å². The van der Waals surface area contributed by atoms with Gasteiger partial charge in [-0.15, -0.1) is 0 Å². The van der Waals surface area contributed by atoms with Gasteiger partial charge in [-0.2, -0.15) is 0 Å². The van der Waals surface area contributed by atoms with Crippen molar-refractivity contribution in [3.63, 3.8) is 0 Å². The molecule has 0 saturated heterocycles. The maximum atomic E-state index is 10.4. The molecule has 16 heavy (non-hydrogen) atoms. The zero-order valence-corrected chi connectivity index (χ0v) is 10.5. The molecular formula is C11H13NO2S2. The Morgan fingerprint density at radius 2 is 2.12 bits per heavy atom. The summed E-state index contributed by atoms with van der Waals surface area (Å²) in [5.41, 5.74) is 1.13. The summed E-state index contributed by atoms with van der Waals surface area (Å²) in [5.74, 6) is -0.866. The Bertz CT molecular complexity index is 368. The van der Waals surface area contributed by atoms with E-state index in [4.69, 9.17) is 17.3 Å². The van der Waals surface area contributed by atoms with Gasteiger partial charge in [0.2, 0.25) is 0 Å². The van der Waals surface area contributed by atoms with E-state index in [-0.39, 0.29) is 11.8 Å². The van der Waals surface area contributed by atoms with Gasteiger partial charge in [0.15, 0.2) is 0 Å². The number of benzene rings is 1. The Morgan fingerprint density at radius 3 is 2.69 bits per heavy atom. The number of carboxylic acid groups (broad SMARTS) is 1. The SMILES string of the molecule is C[C@H](NC(=S)SCC(=O)O)c1ccccc1. The van der Waals surface area contributed by atoms with Crippen molar-refractivity contribution >= 4 is 34.3 Å². The van der Waals surface area contributed by atoms with E-state index in [2.05, 4.69) is 5.32 Å². The summed E-state index contributed by atoms with van der Waals surface area (Å²) in [6.07, 6.45) is 0. The van der Waals surface area contributed by atoms with E-state index in [1.165, 1.54) is 0 Å². The third kappa shape index (κ3) is 4.63. The molecule has 1 atom stereocenters. The number of hydrogen-bond donors (Lipinski definition) is 2. The molecule has 0 aromatic heterocycles. The number of carbonyl (C=O) groups is 1. The van der Waals surface area contributed by atoms with Gasteiger partial charge in [0.1, 0.15) is 4.32 Å². The first kappa shape index (κ1) is 13.0. The summed E-state index contributed by atoms with van der Waals surface area (Å²) in [6, 6.07) is 9.97. The summed E-state index contributed by atoms with van der Waals surface area (Å²) < 4.78 is 0.513. The lowest BCUT2D eigenvalue weighted by atomic mass is 10.1. The monoisotopic (exact) mass is 255 g/mol. The maximum absolute atomic E-state index is 10.4. The first-order valence-corrected chi connectivity index (χ1v) is 6.19. The van der Waals surface area contributed by atoms with Gasteiger partial charge in [-0.3, -0.25) is 4.79 Å². The third-order valence-electron chi connectivity index (χ3n) is 1.96. The van der Waals surface area contributed by atoms with Crippen LogP contribution < -0.4 is 5.32 Å². The molecule has 86 valence electrons. The fourth-order valence-electron chi connectivity index (χ4n) is 1.17. The fraction of sp³-hybridized carbons (Fsp3) is 0.273. The molecule has 3 nitrogen and oxygen atoms in total. The molecule has 0 aliphatic heterocycles. The van der Waals surface area contributed by atoms with Crippen molar-refractivity contribution in [3.8, 4) is 0 Å². The molecular weight excluding hydrogens is 242 g/mol. The second-order valence-electron chi connectivity index (χ2n) is 3.25.